The molecule has 0 aliphatic carbocycles. The lowest BCUT2D eigenvalue weighted by Crippen LogP contribution is -2.44. The number of piperazine rings is 1. The van der Waals surface area contributed by atoms with Crippen molar-refractivity contribution in [2.24, 2.45) is 0 Å². The summed E-state index contributed by atoms with van der Waals surface area (Å²) >= 11 is 0. The predicted octanol–water partition coefficient (Wildman–Crippen LogP) is 0.919. The minimum atomic E-state index is -1.08. The third kappa shape index (κ3) is 2.74. The SMILES string of the molecule is CN1CCN(Cc2c(C(=O)O)nc3ccc(F)cn23)CC1. The van der Waals surface area contributed by atoms with Gasteiger partial charge in [0.05, 0.1) is 5.69 Å². The minimum Gasteiger partial charge on any atom is -0.476 e. The lowest BCUT2D eigenvalue weighted by molar-refractivity contribution is 0.0687. The van der Waals surface area contributed by atoms with Crippen LogP contribution in [0.25, 0.3) is 5.65 Å². The van der Waals surface area contributed by atoms with E-state index in [9.17, 15) is 14.3 Å². The molecule has 3 heterocycles. The van der Waals surface area contributed by atoms with E-state index in [1.807, 2.05) is 0 Å². The molecule has 0 atom stereocenters. The zero-order chi connectivity index (χ0) is 15.0. The highest BCUT2D eigenvalue weighted by atomic mass is 19.1. The maximum absolute atomic E-state index is 13.4. The molecular weight excluding hydrogens is 275 g/mol. The Morgan fingerprint density at radius 2 is 2.05 bits per heavy atom. The van der Waals surface area contributed by atoms with E-state index in [2.05, 4.69) is 21.8 Å². The molecule has 21 heavy (non-hydrogen) atoms. The minimum absolute atomic E-state index is 0.000437. The molecule has 0 spiro atoms. The fraction of sp³-hybridized carbons (Fsp3) is 0.429. The van der Waals surface area contributed by atoms with E-state index in [4.69, 9.17) is 0 Å². The van der Waals surface area contributed by atoms with Crippen molar-refractivity contribution in [2.45, 2.75) is 6.54 Å². The molecule has 1 saturated heterocycles. The van der Waals surface area contributed by atoms with Crippen molar-refractivity contribution >= 4 is 11.6 Å². The number of rotatable bonds is 3. The van der Waals surface area contributed by atoms with Crippen LogP contribution in [0.4, 0.5) is 4.39 Å². The Bertz CT molecular complexity index is 677. The molecule has 0 unspecified atom stereocenters. The van der Waals surface area contributed by atoms with Gasteiger partial charge in [0.1, 0.15) is 11.5 Å². The summed E-state index contributed by atoms with van der Waals surface area (Å²) in [6.07, 6.45) is 1.29. The van der Waals surface area contributed by atoms with Gasteiger partial charge in [0, 0.05) is 38.9 Å². The molecule has 1 aliphatic heterocycles. The Morgan fingerprint density at radius 1 is 1.33 bits per heavy atom. The number of fused-ring (bicyclic) bond motifs is 1. The summed E-state index contributed by atoms with van der Waals surface area (Å²) in [4.78, 5) is 19.9. The monoisotopic (exact) mass is 292 g/mol. The molecule has 3 rings (SSSR count). The Kier molecular flexibility index (Phi) is 3.60. The van der Waals surface area contributed by atoms with Crippen LogP contribution in [-0.2, 0) is 6.54 Å². The number of nitrogens with zero attached hydrogens (tertiary/aromatic N) is 4. The molecule has 0 radical (unpaired) electrons. The van der Waals surface area contributed by atoms with Crippen LogP contribution in [0.5, 0.6) is 0 Å². The molecular formula is C14H17FN4O2. The van der Waals surface area contributed by atoms with Gasteiger partial charge in [-0.05, 0) is 19.2 Å². The fourth-order valence-corrected chi connectivity index (χ4v) is 2.61. The molecule has 6 nitrogen and oxygen atoms in total. The maximum Gasteiger partial charge on any atom is 0.356 e. The van der Waals surface area contributed by atoms with Crippen LogP contribution in [0.3, 0.4) is 0 Å². The van der Waals surface area contributed by atoms with Crippen LogP contribution in [0.1, 0.15) is 16.2 Å². The van der Waals surface area contributed by atoms with Crippen LogP contribution in [-0.4, -0.2) is 63.5 Å². The van der Waals surface area contributed by atoms with E-state index in [0.717, 1.165) is 26.2 Å². The van der Waals surface area contributed by atoms with Gasteiger partial charge in [-0.3, -0.25) is 9.30 Å². The summed E-state index contributed by atoms with van der Waals surface area (Å²) in [6.45, 7) is 4.05. The quantitative estimate of drug-likeness (QED) is 0.911. The fourth-order valence-electron chi connectivity index (χ4n) is 2.61. The van der Waals surface area contributed by atoms with E-state index in [1.165, 1.54) is 22.7 Å². The second-order valence-corrected chi connectivity index (χ2v) is 5.37. The average Bonchev–Trinajstić information content (AvgIpc) is 2.80. The van der Waals surface area contributed by atoms with Gasteiger partial charge in [0.2, 0.25) is 0 Å². The summed E-state index contributed by atoms with van der Waals surface area (Å²) in [5.41, 5.74) is 0.985. The zero-order valence-corrected chi connectivity index (χ0v) is 11.8. The highest BCUT2D eigenvalue weighted by Crippen LogP contribution is 2.17. The van der Waals surface area contributed by atoms with Crippen LogP contribution in [0, 0.1) is 5.82 Å². The number of carboxylic acid groups (broad SMARTS) is 1. The van der Waals surface area contributed by atoms with Gasteiger partial charge in [-0.1, -0.05) is 0 Å². The second-order valence-electron chi connectivity index (χ2n) is 5.37. The molecule has 2 aromatic rings. The number of carboxylic acids is 1. The van der Waals surface area contributed by atoms with Gasteiger partial charge in [-0.15, -0.1) is 0 Å². The first-order valence-electron chi connectivity index (χ1n) is 6.85. The van der Waals surface area contributed by atoms with E-state index < -0.39 is 11.8 Å². The number of hydrogen-bond acceptors (Lipinski definition) is 4. The molecule has 0 amide bonds. The van der Waals surface area contributed by atoms with E-state index in [-0.39, 0.29) is 5.69 Å². The zero-order valence-electron chi connectivity index (χ0n) is 11.8. The molecule has 0 aromatic carbocycles. The van der Waals surface area contributed by atoms with E-state index >= 15 is 0 Å². The first-order valence-corrected chi connectivity index (χ1v) is 6.85. The standard InChI is InChI=1S/C14H17FN4O2/c1-17-4-6-18(7-5-17)9-11-13(14(20)21)16-12-3-2-10(15)8-19(11)12/h2-3,8H,4-7,9H2,1H3,(H,20,21). The third-order valence-corrected chi connectivity index (χ3v) is 3.85. The average molecular weight is 292 g/mol. The molecule has 1 aliphatic rings. The Balaban J connectivity index is 1.97. The Morgan fingerprint density at radius 3 is 2.71 bits per heavy atom. The Hall–Kier alpha value is -1.99. The third-order valence-electron chi connectivity index (χ3n) is 3.85. The van der Waals surface area contributed by atoms with Crippen molar-refractivity contribution < 1.29 is 14.3 Å². The number of carbonyl (C=O) groups is 1. The number of likely N-dealkylation sites (N-methyl/N-ethyl adjacent to an activating group) is 1. The van der Waals surface area contributed by atoms with E-state index in [1.54, 1.807) is 0 Å². The molecule has 112 valence electrons. The van der Waals surface area contributed by atoms with Gasteiger partial charge >= 0.3 is 5.97 Å². The van der Waals surface area contributed by atoms with Gasteiger partial charge in [-0.2, -0.15) is 0 Å². The smallest absolute Gasteiger partial charge is 0.356 e. The maximum atomic E-state index is 13.4. The van der Waals surface area contributed by atoms with Crippen LogP contribution in [0.2, 0.25) is 0 Å². The van der Waals surface area contributed by atoms with Crippen molar-refractivity contribution in [2.75, 3.05) is 33.2 Å². The van der Waals surface area contributed by atoms with E-state index in [0.29, 0.717) is 17.9 Å². The number of aromatic carboxylic acids is 1. The molecule has 7 heteroatoms. The van der Waals surface area contributed by atoms with Gasteiger partial charge in [0.15, 0.2) is 5.69 Å². The summed E-state index contributed by atoms with van der Waals surface area (Å²) in [7, 11) is 2.06. The molecule has 2 aromatic heterocycles. The van der Waals surface area contributed by atoms with Crippen LogP contribution in [0.15, 0.2) is 18.3 Å². The van der Waals surface area contributed by atoms with Crippen molar-refractivity contribution in [3.63, 3.8) is 0 Å². The highest BCUT2D eigenvalue weighted by Gasteiger charge is 2.22. The van der Waals surface area contributed by atoms with Gasteiger partial charge < -0.3 is 10.0 Å². The summed E-state index contributed by atoms with van der Waals surface area (Å²) in [6, 6.07) is 2.78. The topological polar surface area (TPSA) is 61.1 Å². The molecule has 0 bridgehead atoms. The first-order chi connectivity index (χ1) is 10.0. The number of imidazole rings is 1. The largest absolute Gasteiger partial charge is 0.476 e. The number of halogens is 1. The van der Waals surface area contributed by atoms with Crippen molar-refractivity contribution in [3.05, 3.63) is 35.5 Å². The molecule has 1 N–H and O–H groups in total. The number of pyridine rings is 1. The van der Waals surface area contributed by atoms with Crippen LogP contribution < -0.4 is 0 Å². The second kappa shape index (κ2) is 5.42. The van der Waals surface area contributed by atoms with Crippen LogP contribution >= 0.6 is 0 Å². The number of aromatic nitrogens is 2. The lowest BCUT2D eigenvalue weighted by atomic mass is 10.2. The van der Waals surface area contributed by atoms with Crippen molar-refractivity contribution in [3.8, 4) is 0 Å². The van der Waals surface area contributed by atoms with Crippen molar-refractivity contribution in [1.29, 1.82) is 0 Å². The summed E-state index contributed by atoms with van der Waals surface area (Å²) in [5.74, 6) is -1.49. The van der Waals surface area contributed by atoms with Crippen molar-refractivity contribution in [1.82, 2.24) is 19.2 Å². The first kappa shape index (κ1) is 14.0. The Labute approximate surface area is 121 Å². The van der Waals surface area contributed by atoms with Gasteiger partial charge in [0.25, 0.3) is 0 Å². The predicted molar refractivity (Wildman–Crippen MR) is 74.9 cm³/mol. The summed E-state index contributed by atoms with van der Waals surface area (Å²) in [5, 5.41) is 9.31. The lowest BCUT2D eigenvalue weighted by Gasteiger charge is -2.32. The number of hydrogen-bond donors (Lipinski definition) is 1. The molecule has 1 fully saturated rings. The highest BCUT2D eigenvalue weighted by molar-refractivity contribution is 5.88. The molecule has 0 saturated carbocycles. The van der Waals surface area contributed by atoms with Gasteiger partial charge in [-0.25, -0.2) is 14.2 Å². The normalized spacial score (nSPS) is 17.4. The summed E-state index contributed by atoms with van der Waals surface area (Å²) < 4.78 is 15.0.